The van der Waals surface area contributed by atoms with Crippen molar-refractivity contribution in [3.05, 3.63) is 53.0 Å². The molecule has 2 aromatic rings. The standard InChI is InChI=1S/C20H21BrN2O6S/c21-16-5-1-13(2-6-16)14-3-7-17(8-4-14)23(30(28)29)18(19(24)25)15-9-11-22(12-10-15)20(26)27/h1-8,15,18H,9-12H2,(H,24,25)(H,26,27)(H,28,29). The number of aliphatic carboxylic acids is 1. The summed E-state index contributed by atoms with van der Waals surface area (Å²) in [5, 5.41) is 18.9. The van der Waals surface area contributed by atoms with E-state index in [-0.39, 0.29) is 13.1 Å². The number of hydrogen-bond acceptors (Lipinski definition) is 3. The lowest BCUT2D eigenvalue weighted by Crippen LogP contribution is -2.51. The van der Waals surface area contributed by atoms with Crippen molar-refractivity contribution in [2.45, 2.75) is 18.9 Å². The van der Waals surface area contributed by atoms with E-state index in [1.165, 1.54) is 4.90 Å². The van der Waals surface area contributed by atoms with Gasteiger partial charge in [0.05, 0.1) is 5.69 Å². The summed E-state index contributed by atoms with van der Waals surface area (Å²) in [5.41, 5.74) is 2.15. The molecule has 1 aliphatic heterocycles. The Balaban J connectivity index is 1.85. The van der Waals surface area contributed by atoms with Crippen LogP contribution in [0.4, 0.5) is 10.5 Å². The number of likely N-dealkylation sites (tertiary alicyclic amines) is 1. The molecule has 1 saturated heterocycles. The lowest BCUT2D eigenvalue weighted by atomic mass is 9.89. The van der Waals surface area contributed by atoms with Crippen molar-refractivity contribution in [2.75, 3.05) is 17.4 Å². The number of carboxylic acids is 1. The molecule has 3 N–H and O–H groups in total. The molecule has 0 aliphatic carbocycles. The second-order valence-corrected chi connectivity index (χ2v) is 8.77. The van der Waals surface area contributed by atoms with Crippen LogP contribution in [0.2, 0.25) is 0 Å². The zero-order chi connectivity index (χ0) is 21.8. The van der Waals surface area contributed by atoms with Crippen LogP contribution in [0.3, 0.4) is 0 Å². The van der Waals surface area contributed by atoms with Gasteiger partial charge < -0.3 is 15.1 Å². The summed E-state index contributed by atoms with van der Waals surface area (Å²) in [7, 11) is 0. The molecule has 10 heteroatoms. The predicted octanol–water partition coefficient (Wildman–Crippen LogP) is 3.90. The summed E-state index contributed by atoms with van der Waals surface area (Å²) in [6.07, 6.45) is -0.450. The molecule has 0 bridgehead atoms. The first-order valence-electron chi connectivity index (χ1n) is 9.25. The van der Waals surface area contributed by atoms with E-state index < -0.39 is 35.3 Å². The highest BCUT2D eigenvalue weighted by molar-refractivity contribution is 9.10. The third kappa shape index (κ3) is 5.00. The van der Waals surface area contributed by atoms with Crippen LogP contribution in [-0.2, 0) is 16.1 Å². The molecule has 2 aromatic carbocycles. The first-order chi connectivity index (χ1) is 14.3. The third-order valence-electron chi connectivity index (χ3n) is 5.23. The summed E-state index contributed by atoms with van der Waals surface area (Å²) < 4.78 is 23.9. The van der Waals surface area contributed by atoms with Crippen LogP contribution in [0.1, 0.15) is 12.8 Å². The van der Waals surface area contributed by atoms with Crippen molar-refractivity contribution in [1.29, 1.82) is 0 Å². The first kappa shape index (κ1) is 22.3. The molecule has 0 spiro atoms. The smallest absolute Gasteiger partial charge is 0.407 e. The van der Waals surface area contributed by atoms with Gasteiger partial charge in [-0.25, -0.2) is 13.8 Å². The number of piperidine rings is 1. The molecule has 160 valence electrons. The van der Waals surface area contributed by atoms with Crippen molar-refractivity contribution in [3.8, 4) is 11.1 Å². The van der Waals surface area contributed by atoms with E-state index in [0.717, 1.165) is 19.9 Å². The summed E-state index contributed by atoms with van der Waals surface area (Å²) in [6.45, 7) is 0.385. The highest BCUT2D eigenvalue weighted by Crippen LogP contribution is 2.31. The molecule has 30 heavy (non-hydrogen) atoms. The number of nitrogens with zero attached hydrogens (tertiary/aromatic N) is 2. The highest BCUT2D eigenvalue weighted by Gasteiger charge is 2.39. The van der Waals surface area contributed by atoms with E-state index in [0.29, 0.717) is 18.5 Å². The fraction of sp³-hybridized carbons (Fsp3) is 0.300. The number of carbonyl (C=O) groups is 2. The van der Waals surface area contributed by atoms with Gasteiger partial charge in [0, 0.05) is 17.6 Å². The van der Waals surface area contributed by atoms with Gasteiger partial charge >= 0.3 is 12.1 Å². The number of rotatable bonds is 6. The normalized spacial score (nSPS) is 16.7. The molecular formula is C20H21BrN2O6S. The van der Waals surface area contributed by atoms with Crippen LogP contribution >= 0.6 is 15.9 Å². The lowest BCUT2D eigenvalue weighted by Gasteiger charge is -2.37. The zero-order valence-electron chi connectivity index (χ0n) is 15.8. The Kier molecular flexibility index (Phi) is 7.11. The summed E-state index contributed by atoms with van der Waals surface area (Å²) in [5.74, 6) is -1.68. The van der Waals surface area contributed by atoms with Crippen LogP contribution in [0.25, 0.3) is 11.1 Å². The lowest BCUT2D eigenvalue weighted by molar-refractivity contribution is -0.140. The number of hydrogen-bond donors (Lipinski definition) is 3. The van der Waals surface area contributed by atoms with Crippen molar-refractivity contribution in [1.82, 2.24) is 4.90 Å². The molecular weight excluding hydrogens is 476 g/mol. The van der Waals surface area contributed by atoms with Crippen molar-refractivity contribution in [2.24, 2.45) is 5.92 Å². The van der Waals surface area contributed by atoms with Gasteiger partial charge in [-0.2, -0.15) is 0 Å². The average molecular weight is 497 g/mol. The molecule has 1 amide bonds. The Labute approximate surface area is 184 Å². The van der Waals surface area contributed by atoms with Crippen LogP contribution in [0.15, 0.2) is 53.0 Å². The zero-order valence-corrected chi connectivity index (χ0v) is 18.3. The van der Waals surface area contributed by atoms with Gasteiger partial charge in [-0.1, -0.05) is 40.2 Å². The highest BCUT2D eigenvalue weighted by atomic mass is 79.9. The molecule has 1 heterocycles. The summed E-state index contributed by atoms with van der Waals surface area (Å²) in [6, 6.07) is 13.2. The Morgan fingerprint density at radius 2 is 1.50 bits per heavy atom. The van der Waals surface area contributed by atoms with Crippen molar-refractivity contribution in [3.63, 3.8) is 0 Å². The van der Waals surface area contributed by atoms with Gasteiger partial charge in [0.2, 0.25) is 0 Å². The van der Waals surface area contributed by atoms with E-state index in [2.05, 4.69) is 15.9 Å². The van der Waals surface area contributed by atoms with Crippen molar-refractivity contribution >= 4 is 44.9 Å². The first-order valence-corrected chi connectivity index (χ1v) is 11.1. The minimum Gasteiger partial charge on any atom is -0.480 e. The molecule has 8 nitrogen and oxygen atoms in total. The average Bonchev–Trinajstić information content (AvgIpc) is 2.72. The summed E-state index contributed by atoms with van der Waals surface area (Å²) in [4.78, 5) is 24.4. The molecule has 1 fully saturated rings. The fourth-order valence-electron chi connectivity index (χ4n) is 3.69. The second-order valence-electron chi connectivity index (χ2n) is 7.00. The molecule has 3 rings (SSSR count). The number of halogens is 1. The number of amides is 1. The van der Waals surface area contributed by atoms with E-state index in [4.69, 9.17) is 5.11 Å². The van der Waals surface area contributed by atoms with Gasteiger partial charge in [0.25, 0.3) is 11.3 Å². The van der Waals surface area contributed by atoms with Gasteiger partial charge in [-0.3, -0.25) is 8.86 Å². The van der Waals surface area contributed by atoms with E-state index in [1.807, 2.05) is 24.3 Å². The van der Waals surface area contributed by atoms with E-state index in [1.54, 1.807) is 24.3 Å². The topological polar surface area (TPSA) is 118 Å². The number of anilines is 1. The Morgan fingerprint density at radius 3 is 1.93 bits per heavy atom. The monoisotopic (exact) mass is 496 g/mol. The third-order valence-corrected chi connectivity index (χ3v) is 6.53. The number of benzene rings is 2. The van der Waals surface area contributed by atoms with E-state index in [9.17, 15) is 23.5 Å². The molecule has 0 aromatic heterocycles. The minimum absolute atomic E-state index is 0.193. The van der Waals surface area contributed by atoms with E-state index >= 15 is 0 Å². The fourth-order valence-corrected chi connectivity index (χ4v) is 4.71. The molecule has 0 saturated carbocycles. The predicted molar refractivity (Wildman–Crippen MR) is 117 cm³/mol. The molecule has 1 aliphatic rings. The largest absolute Gasteiger partial charge is 0.480 e. The Bertz CT molecular complexity index is 929. The Morgan fingerprint density at radius 1 is 1.00 bits per heavy atom. The van der Waals surface area contributed by atoms with Gasteiger partial charge in [-0.15, -0.1) is 0 Å². The maximum absolute atomic E-state index is 12.1. The van der Waals surface area contributed by atoms with Crippen LogP contribution in [-0.4, -0.2) is 55.1 Å². The van der Waals surface area contributed by atoms with Crippen LogP contribution in [0, 0.1) is 5.92 Å². The van der Waals surface area contributed by atoms with Gasteiger partial charge in [0.1, 0.15) is 6.04 Å². The van der Waals surface area contributed by atoms with Crippen LogP contribution < -0.4 is 4.31 Å². The number of carboxylic acid groups (broad SMARTS) is 2. The quantitative estimate of drug-likeness (QED) is 0.521. The minimum atomic E-state index is -2.56. The molecule has 2 unspecified atom stereocenters. The SMILES string of the molecule is O=C(O)C(C1CCN(C(=O)O)CC1)N(c1ccc(-c2ccc(Br)cc2)cc1)S(=O)O. The van der Waals surface area contributed by atoms with Crippen molar-refractivity contribution < 1.29 is 28.6 Å². The maximum atomic E-state index is 12.1. The second kappa shape index (κ2) is 9.59. The Hall–Kier alpha value is -2.43. The molecule has 0 radical (unpaired) electrons. The van der Waals surface area contributed by atoms with Gasteiger partial charge in [-0.05, 0) is 54.2 Å². The van der Waals surface area contributed by atoms with Crippen LogP contribution in [0.5, 0.6) is 0 Å². The maximum Gasteiger partial charge on any atom is 0.407 e. The van der Waals surface area contributed by atoms with Gasteiger partial charge in [0.15, 0.2) is 0 Å². The molecule has 2 atom stereocenters. The summed E-state index contributed by atoms with van der Waals surface area (Å²) >= 11 is 0.822.